The van der Waals surface area contributed by atoms with Gasteiger partial charge in [0.25, 0.3) is 0 Å². The van der Waals surface area contributed by atoms with Gasteiger partial charge >= 0.3 is 0 Å². The Bertz CT molecular complexity index is 604. The van der Waals surface area contributed by atoms with E-state index in [9.17, 15) is 8.42 Å². The summed E-state index contributed by atoms with van der Waals surface area (Å²) in [5.74, 6) is 0.697. The second kappa shape index (κ2) is 5.28. The van der Waals surface area contributed by atoms with Crippen LogP contribution in [0.15, 0.2) is 12.1 Å². The number of aryl methyl sites for hydroxylation is 2. The van der Waals surface area contributed by atoms with E-state index in [2.05, 4.69) is 4.72 Å². The molecule has 2 aliphatic rings. The van der Waals surface area contributed by atoms with E-state index in [0.29, 0.717) is 11.4 Å². The Morgan fingerprint density at radius 3 is 2.40 bits per heavy atom. The van der Waals surface area contributed by atoms with Crippen molar-refractivity contribution in [3.63, 3.8) is 0 Å². The number of hydrogen-bond acceptors (Lipinski definition) is 3. The fourth-order valence-electron chi connectivity index (χ4n) is 3.16. The number of anilines is 1. The molecule has 5 heteroatoms. The smallest absolute Gasteiger partial charge is 0.229 e. The van der Waals surface area contributed by atoms with Gasteiger partial charge in [0.05, 0.1) is 18.0 Å². The minimum atomic E-state index is -3.28. The number of fused-ring (bicyclic) bond motifs is 1. The van der Waals surface area contributed by atoms with Crippen molar-refractivity contribution in [3.05, 3.63) is 23.3 Å². The first kappa shape index (κ1) is 13.7. The van der Waals surface area contributed by atoms with Crippen molar-refractivity contribution in [2.24, 2.45) is 0 Å². The first-order valence-electron chi connectivity index (χ1n) is 7.31. The zero-order valence-corrected chi connectivity index (χ0v) is 12.6. The molecule has 1 N–H and O–H groups in total. The predicted octanol–water partition coefficient (Wildman–Crippen LogP) is 2.87. The summed E-state index contributed by atoms with van der Waals surface area (Å²) in [5, 5.41) is 0. The first-order chi connectivity index (χ1) is 9.51. The molecule has 0 heterocycles. The van der Waals surface area contributed by atoms with Crippen LogP contribution < -0.4 is 9.46 Å². The molecule has 1 saturated carbocycles. The van der Waals surface area contributed by atoms with Crippen LogP contribution in [-0.4, -0.2) is 20.8 Å². The third-order valence-electron chi connectivity index (χ3n) is 4.09. The molecule has 0 aromatic heterocycles. The molecule has 0 saturated heterocycles. The molecule has 1 aromatic rings. The van der Waals surface area contributed by atoms with Crippen LogP contribution in [0.2, 0.25) is 0 Å². The van der Waals surface area contributed by atoms with E-state index in [1.165, 1.54) is 30.2 Å². The number of rotatable bonds is 4. The van der Waals surface area contributed by atoms with E-state index in [1.807, 2.05) is 12.1 Å². The standard InChI is InChI=1S/C15H21NO3S/c1-20(17,18)16-14-9-11-5-4-6-12(11)10-15(14)19-13-7-2-3-8-13/h9-10,13,16H,2-8H2,1H3. The lowest BCUT2D eigenvalue weighted by Crippen LogP contribution is -2.15. The Morgan fingerprint density at radius 1 is 1.10 bits per heavy atom. The quantitative estimate of drug-likeness (QED) is 0.929. The molecule has 110 valence electrons. The van der Waals surface area contributed by atoms with Crippen molar-refractivity contribution >= 4 is 15.7 Å². The lowest BCUT2D eigenvalue weighted by atomic mass is 10.1. The highest BCUT2D eigenvalue weighted by Crippen LogP contribution is 2.36. The summed E-state index contributed by atoms with van der Waals surface area (Å²) in [4.78, 5) is 0. The van der Waals surface area contributed by atoms with Crippen molar-refractivity contribution in [2.45, 2.75) is 51.0 Å². The van der Waals surface area contributed by atoms with Gasteiger partial charge in [-0.3, -0.25) is 4.72 Å². The number of ether oxygens (including phenoxy) is 1. The Kier molecular flexibility index (Phi) is 3.63. The molecule has 3 rings (SSSR count). The van der Waals surface area contributed by atoms with E-state index >= 15 is 0 Å². The second-order valence-electron chi connectivity index (χ2n) is 5.87. The molecule has 0 radical (unpaired) electrons. The maximum absolute atomic E-state index is 11.5. The van der Waals surface area contributed by atoms with Gasteiger partial charge < -0.3 is 4.74 Å². The molecule has 0 spiro atoms. The number of benzene rings is 1. The van der Waals surface area contributed by atoms with Crippen molar-refractivity contribution < 1.29 is 13.2 Å². The summed E-state index contributed by atoms with van der Waals surface area (Å²) in [6.45, 7) is 0. The van der Waals surface area contributed by atoms with Gasteiger partial charge in [-0.05, 0) is 68.2 Å². The third kappa shape index (κ3) is 3.08. The van der Waals surface area contributed by atoms with Gasteiger partial charge in [-0.2, -0.15) is 0 Å². The lowest BCUT2D eigenvalue weighted by Gasteiger charge is -2.18. The monoisotopic (exact) mass is 295 g/mol. The van der Waals surface area contributed by atoms with Crippen molar-refractivity contribution in [1.82, 2.24) is 0 Å². The third-order valence-corrected chi connectivity index (χ3v) is 4.68. The van der Waals surface area contributed by atoms with Crippen LogP contribution in [0.4, 0.5) is 5.69 Å². The maximum atomic E-state index is 11.5. The largest absolute Gasteiger partial charge is 0.488 e. The summed E-state index contributed by atoms with van der Waals surface area (Å²) in [6.07, 6.45) is 9.17. The maximum Gasteiger partial charge on any atom is 0.229 e. The molecule has 2 aliphatic carbocycles. The van der Waals surface area contributed by atoms with Crippen LogP contribution in [0.5, 0.6) is 5.75 Å². The summed E-state index contributed by atoms with van der Waals surface area (Å²) in [7, 11) is -3.28. The predicted molar refractivity (Wildman–Crippen MR) is 79.8 cm³/mol. The molecule has 0 bridgehead atoms. The van der Waals surface area contributed by atoms with Gasteiger partial charge in [-0.15, -0.1) is 0 Å². The summed E-state index contributed by atoms with van der Waals surface area (Å²) in [5.41, 5.74) is 3.15. The minimum Gasteiger partial charge on any atom is -0.488 e. The van der Waals surface area contributed by atoms with Crippen LogP contribution in [0.25, 0.3) is 0 Å². The van der Waals surface area contributed by atoms with Gasteiger partial charge in [-0.1, -0.05) is 0 Å². The number of hydrogen-bond donors (Lipinski definition) is 1. The average molecular weight is 295 g/mol. The zero-order chi connectivity index (χ0) is 14.2. The molecule has 0 amide bonds. The molecular formula is C15H21NO3S. The molecule has 4 nitrogen and oxygen atoms in total. The Morgan fingerprint density at radius 2 is 1.75 bits per heavy atom. The first-order valence-corrected chi connectivity index (χ1v) is 9.21. The van der Waals surface area contributed by atoms with E-state index < -0.39 is 10.0 Å². The van der Waals surface area contributed by atoms with Crippen molar-refractivity contribution in [3.8, 4) is 5.75 Å². The fraction of sp³-hybridized carbons (Fsp3) is 0.600. The van der Waals surface area contributed by atoms with E-state index in [-0.39, 0.29) is 6.10 Å². The zero-order valence-electron chi connectivity index (χ0n) is 11.8. The average Bonchev–Trinajstić information content (AvgIpc) is 2.98. The van der Waals surface area contributed by atoms with Crippen LogP contribution in [-0.2, 0) is 22.9 Å². The SMILES string of the molecule is CS(=O)(=O)Nc1cc2c(cc1OC1CCCC1)CCC2. The molecule has 0 aliphatic heterocycles. The lowest BCUT2D eigenvalue weighted by molar-refractivity contribution is 0.211. The van der Waals surface area contributed by atoms with Crippen molar-refractivity contribution in [1.29, 1.82) is 0 Å². The van der Waals surface area contributed by atoms with E-state index in [1.54, 1.807) is 0 Å². The molecule has 0 unspecified atom stereocenters. The van der Waals surface area contributed by atoms with Gasteiger partial charge in [0.15, 0.2) is 0 Å². The normalized spacial score (nSPS) is 19.1. The Balaban J connectivity index is 1.92. The molecular weight excluding hydrogens is 274 g/mol. The highest BCUT2D eigenvalue weighted by atomic mass is 32.2. The minimum absolute atomic E-state index is 0.231. The number of nitrogens with one attached hydrogen (secondary N) is 1. The van der Waals surface area contributed by atoms with Crippen molar-refractivity contribution in [2.75, 3.05) is 11.0 Å². The van der Waals surface area contributed by atoms with Gasteiger partial charge in [-0.25, -0.2) is 8.42 Å². The topological polar surface area (TPSA) is 55.4 Å². The summed E-state index contributed by atoms with van der Waals surface area (Å²) in [6, 6.07) is 3.99. The van der Waals surface area contributed by atoms with Gasteiger partial charge in [0.1, 0.15) is 5.75 Å². The fourth-order valence-corrected chi connectivity index (χ4v) is 3.72. The number of sulfonamides is 1. The van der Waals surface area contributed by atoms with Gasteiger partial charge in [0, 0.05) is 0 Å². The van der Waals surface area contributed by atoms with Crippen LogP contribution >= 0.6 is 0 Å². The Labute approximate surface area is 120 Å². The van der Waals surface area contributed by atoms with Crippen LogP contribution in [0.3, 0.4) is 0 Å². The van der Waals surface area contributed by atoms with Crippen LogP contribution in [0.1, 0.15) is 43.2 Å². The highest BCUT2D eigenvalue weighted by molar-refractivity contribution is 7.92. The van der Waals surface area contributed by atoms with Gasteiger partial charge in [0.2, 0.25) is 10.0 Å². The summed E-state index contributed by atoms with van der Waals surface area (Å²) < 4.78 is 31.7. The van der Waals surface area contributed by atoms with E-state index in [4.69, 9.17) is 4.74 Å². The van der Waals surface area contributed by atoms with E-state index in [0.717, 1.165) is 32.1 Å². The second-order valence-corrected chi connectivity index (χ2v) is 7.62. The highest BCUT2D eigenvalue weighted by Gasteiger charge is 2.21. The molecule has 20 heavy (non-hydrogen) atoms. The molecule has 1 aromatic carbocycles. The molecule has 0 atom stereocenters. The Hall–Kier alpha value is -1.23. The summed E-state index contributed by atoms with van der Waals surface area (Å²) >= 11 is 0. The molecule has 1 fully saturated rings. The van der Waals surface area contributed by atoms with Crippen LogP contribution in [0, 0.1) is 0 Å².